The van der Waals surface area contributed by atoms with Gasteiger partial charge in [-0.05, 0) is 57.1 Å². The summed E-state index contributed by atoms with van der Waals surface area (Å²) in [5.74, 6) is 2.21. The summed E-state index contributed by atoms with van der Waals surface area (Å²) >= 11 is 0. The van der Waals surface area contributed by atoms with Gasteiger partial charge < -0.3 is 25.0 Å². The van der Waals surface area contributed by atoms with E-state index in [4.69, 9.17) is 14.5 Å². The van der Waals surface area contributed by atoms with E-state index in [1.54, 1.807) is 0 Å². The Labute approximate surface area is 216 Å². The number of rotatable bonds is 10. The zero-order valence-electron chi connectivity index (χ0n) is 20.4. The Morgan fingerprint density at radius 1 is 1.12 bits per heavy atom. The molecular formula is C26H39IN4O2. The van der Waals surface area contributed by atoms with Crippen molar-refractivity contribution in [2.24, 2.45) is 10.9 Å². The summed E-state index contributed by atoms with van der Waals surface area (Å²) in [5.41, 5.74) is 4.90. The minimum atomic E-state index is 0. The summed E-state index contributed by atoms with van der Waals surface area (Å²) in [6, 6.07) is 14.9. The van der Waals surface area contributed by atoms with E-state index in [0.717, 1.165) is 56.5 Å². The van der Waals surface area contributed by atoms with Crippen molar-refractivity contribution in [2.75, 3.05) is 40.5 Å². The molecule has 1 saturated heterocycles. The third-order valence-corrected chi connectivity index (χ3v) is 5.52. The zero-order chi connectivity index (χ0) is 22.8. The number of nitrogens with one attached hydrogen (secondary N) is 2. The van der Waals surface area contributed by atoms with Crippen LogP contribution in [0, 0.1) is 12.8 Å². The van der Waals surface area contributed by atoms with Gasteiger partial charge in [0.05, 0.1) is 19.8 Å². The molecule has 1 atom stereocenters. The minimum absolute atomic E-state index is 0. The molecule has 7 heteroatoms. The number of benzene rings is 2. The van der Waals surface area contributed by atoms with Crippen LogP contribution in [0.4, 0.5) is 0 Å². The second-order valence-corrected chi connectivity index (χ2v) is 8.71. The molecule has 0 amide bonds. The summed E-state index contributed by atoms with van der Waals surface area (Å²) < 4.78 is 11.7. The first-order valence-corrected chi connectivity index (χ1v) is 11.6. The molecule has 1 fully saturated rings. The Balaban J connectivity index is 0.00000385. The molecule has 1 aliphatic rings. The molecule has 0 bridgehead atoms. The van der Waals surface area contributed by atoms with E-state index < -0.39 is 0 Å². The summed E-state index contributed by atoms with van der Waals surface area (Å²) in [6.45, 7) is 9.53. The lowest BCUT2D eigenvalue weighted by atomic mass is 10.1. The number of halogens is 1. The molecule has 1 heterocycles. The van der Waals surface area contributed by atoms with Crippen LogP contribution in [-0.2, 0) is 24.4 Å². The van der Waals surface area contributed by atoms with Crippen molar-refractivity contribution in [3.05, 3.63) is 64.7 Å². The third kappa shape index (κ3) is 9.14. The predicted octanol–water partition coefficient (Wildman–Crippen LogP) is 4.35. The lowest BCUT2D eigenvalue weighted by Crippen LogP contribution is -2.37. The fraction of sp³-hybridized carbons (Fsp3) is 0.500. The zero-order valence-corrected chi connectivity index (χ0v) is 22.7. The van der Waals surface area contributed by atoms with Crippen LogP contribution < -0.4 is 15.4 Å². The monoisotopic (exact) mass is 566 g/mol. The van der Waals surface area contributed by atoms with E-state index in [1.807, 2.05) is 0 Å². The number of guanidine groups is 1. The smallest absolute Gasteiger partial charge is 0.191 e. The second-order valence-electron chi connectivity index (χ2n) is 8.71. The van der Waals surface area contributed by atoms with Crippen molar-refractivity contribution in [3.8, 4) is 5.75 Å². The highest BCUT2D eigenvalue weighted by Crippen LogP contribution is 2.23. The van der Waals surface area contributed by atoms with Crippen LogP contribution in [0.5, 0.6) is 5.75 Å². The highest BCUT2D eigenvalue weighted by atomic mass is 127. The highest BCUT2D eigenvalue weighted by molar-refractivity contribution is 14.0. The van der Waals surface area contributed by atoms with Crippen LogP contribution in [0.15, 0.2) is 47.5 Å². The summed E-state index contributed by atoms with van der Waals surface area (Å²) in [4.78, 5) is 7.03. The molecule has 0 saturated carbocycles. The van der Waals surface area contributed by atoms with Crippen molar-refractivity contribution in [1.29, 1.82) is 0 Å². The molecule has 2 aromatic carbocycles. The molecule has 0 aromatic heterocycles. The van der Waals surface area contributed by atoms with Crippen LogP contribution in [0.3, 0.4) is 0 Å². The lowest BCUT2D eigenvalue weighted by Gasteiger charge is -2.17. The van der Waals surface area contributed by atoms with Crippen molar-refractivity contribution in [3.63, 3.8) is 0 Å². The van der Waals surface area contributed by atoms with Crippen LogP contribution in [0.25, 0.3) is 0 Å². The Kier molecular flexibility index (Phi) is 12.0. The first-order chi connectivity index (χ1) is 15.5. The van der Waals surface area contributed by atoms with Crippen LogP contribution in [0.2, 0.25) is 0 Å². The molecule has 1 aliphatic heterocycles. The quantitative estimate of drug-likeness (QED) is 0.255. The summed E-state index contributed by atoms with van der Waals surface area (Å²) in [6.07, 6.45) is 1.07. The van der Waals surface area contributed by atoms with E-state index in [2.05, 4.69) is 85.9 Å². The average Bonchev–Trinajstić information content (AvgIpc) is 3.29. The predicted molar refractivity (Wildman–Crippen MR) is 147 cm³/mol. The fourth-order valence-electron chi connectivity index (χ4n) is 3.76. The molecule has 2 N–H and O–H groups in total. The third-order valence-electron chi connectivity index (χ3n) is 5.52. The summed E-state index contributed by atoms with van der Waals surface area (Å²) in [5, 5.41) is 6.85. The van der Waals surface area contributed by atoms with Gasteiger partial charge >= 0.3 is 0 Å². The first-order valence-electron chi connectivity index (χ1n) is 11.6. The SMILES string of the molecule is CCNC(=NCc1ccc(C)cc1OCC1CCOC1)NCc1ccccc1CN(C)C.I. The molecule has 182 valence electrons. The molecule has 0 radical (unpaired) electrons. The van der Waals surface area contributed by atoms with Gasteiger partial charge in [-0.2, -0.15) is 0 Å². The Morgan fingerprint density at radius 2 is 1.91 bits per heavy atom. The molecule has 0 aliphatic carbocycles. The van der Waals surface area contributed by atoms with Crippen LogP contribution in [0.1, 0.15) is 35.6 Å². The summed E-state index contributed by atoms with van der Waals surface area (Å²) in [7, 11) is 4.19. The maximum absolute atomic E-state index is 6.18. The highest BCUT2D eigenvalue weighted by Gasteiger charge is 2.17. The molecule has 33 heavy (non-hydrogen) atoms. The van der Waals surface area contributed by atoms with E-state index in [1.165, 1.54) is 16.7 Å². The van der Waals surface area contributed by atoms with Gasteiger partial charge in [0.15, 0.2) is 5.96 Å². The van der Waals surface area contributed by atoms with E-state index in [9.17, 15) is 0 Å². The van der Waals surface area contributed by atoms with Gasteiger partial charge in [0, 0.05) is 37.7 Å². The number of aryl methyl sites for hydroxylation is 1. The molecule has 6 nitrogen and oxygen atoms in total. The number of ether oxygens (including phenoxy) is 2. The van der Waals surface area contributed by atoms with Gasteiger partial charge in [0.2, 0.25) is 0 Å². The first kappa shape index (κ1) is 27.4. The molecule has 2 aromatic rings. The largest absolute Gasteiger partial charge is 0.493 e. The Hall–Kier alpha value is -1.84. The van der Waals surface area contributed by atoms with Crippen molar-refractivity contribution in [1.82, 2.24) is 15.5 Å². The number of hydrogen-bond acceptors (Lipinski definition) is 4. The maximum atomic E-state index is 6.18. The van der Waals surface area contributed by atoms with E-state index >= 15 is 0 Å². The van der Waals surface area contributed by atoms with Gasteiger partial charge in [0.1, 0.15) is 5.75 Å². The normalized spacial score (nSPS) is 15.9. The second kappa shape index (κ2) is 14.4. The van der Waals surface area contributed by atoms with Gasteiger partial charge in [-0.1, -0.05) is 36.4 Å². The average molecular weight is 567 g/mol. The topological polar surface area (TPSA) is 58.1 Å². The van der Waals surface area contributed by atoms with Gasteiger partial charge in [0.25, 0.3) is 0 Å². The Bertz CT molecular complexity index is 882. The van der Waals surface area contributed by atoms with Crippen LogP contribution in [-0.4, -0.2) is 51.3 Å². The lowest BCUT2D eigenvalue weighted by molar-refractivity contribution is 0.166. The van der Waals surface area contributed by atoms with Crippen molar-refractivity contribution >= 4 is 29.9 Å². The fourth-order valence-corrected chi connectivity index (χ4v) is 3.76. The number of nitrogens with zero attached hydrogens (tertiary/aromatic N) is 2. The maximum Gasteiger partial charge on any atom is 0.191 e. The Morgan fingerprint density at radius 3 is 2.61 bits per heavy atom. The van der Waals surface area contributed by atoms with Crippen molar-refractivity contribution < 1.29 is 9.47 Å². The van der Waals surface area contributed by atoms with Gasteiger partial charge in [-0.3, -0.25) is 0 Å². The molecule has 0 spiro atoms. The standard InChI is InChI=1S/C26H38N4O2.HI/c1-5-27-26(28-15-22-8-6-7-9-24(22)17-30(3)4)29-16-23-11-10-20(2)14-25(23)32-19-21-12-13-31-18-21;/h6-11,14,21H,5,12-13,15-19H2,1-4H3,(H2,27,28,29);1H. The van der Waals surface area contributed by atoms with Crippen molar-refractivity contribution in [2.45, 2.75) is 39.9 Å². The number of aliphatic imine (C=N–C) groups is 1. The van der Waals surface area contributed by atoms with E-state index in [-0.39, 0.29) is 24.0 Å². The molecule has 1 unspecified atom stereocenters. The van der Waals surface area contributed by atoms with Crippen LogP contribution >= 0.6 is 24.0 Å². The molecule has 3 rings (SSSR count). The minimum Gasteiger partial charge on any atom is -0.493 e. The van der Waals surface area contributed by atoms with E-state index in [0.29, 0.717) is 19.1 Å². The molecular weight excluding hydrogens is 527 g/mol. The number of hydrogen-bond donors (Lipinski definition) is 2. The van der Waals surface area contributed by atoms with Gasteiger partial charge in [-0.25, -0.2) is 4.99 Å². The van der Waals surface area contributed by atoms with Gasteiger partial charge in [-0.15, -0.1) is 24.0 Å².